The van der Waals surface area contributed by atoms with Crippen LogP contribution in [0.1, 0.15) is 17.5 Å². The first kappa shape index (κ1) is 15.6. The molecule has 0 bridgehead atoms. The lowest BCUT2D eigenvalue weighted by Crippen LogP contribution is -2.42. The van der Waals surface area contributed by atoms with E-state index in [1.165, 1.54) is 6.33 Å². The maximum Gasteiger partial charge on any atom is 0.326 e. The van der Waals surface area contributed by atoms with Crippen LogP contribution in [0.4, 0.5) is 0 Å². The van der Waals surface area contributed by atoms with Gasteiger partial charge in [0, 0.05) is 25.2 Å². The number of hydrogen-bond donors (Lipinski definition) is 2. The number of rotatable bonds is 7. The van der Waals surface area contributed by atoms with E-state index in [4.69, 9.17) is 0 Å². The molecular weight excluding hydrogens is 282 g/mol. The molecule has 6 heteroatoms. The summed E-state index contributed by atoms with van der Waals surface area (Å²) in [6.45, 7) is 0. The lowest BCUT2D eigenvalue weighted by Gasteiger charge is -2.14. The van der Waals surface area contributed by atoms with Crippen molar-refractivity contribution in [3.63, 3.8) is 0 Å². The van der Waals surface area contributed by atoms with Crippen molar-refractivity contribution in [1.29, 1.82) is 0 Å². The zero-order valence-electron chi connectivity index (χ0n) is 12.0. The van der Waals surface area contributed by atoms with Crippen LogP contribution in [0.5, 0.6) is 0 Å². The first-order valence-electron chi connectivity index (χ1n) is 6.95. The molecule has 0 aliphatic carbocycles. The first-order chi connectivity index (χ1) is 10.6. The molecule has 1 amide bonds. The van der Waals surface area contributed by atoms with Crippen molar-refractivity contribution in [2.75, 3.05) is 0 Å². The predicted molar refractivity (Wildman–Crippen MR) is 80.1 cm³/mol. The van der Waals surface area contributed by atoms with Gasteiger partial charge in [-0.2, -0.15) is 0 Å². The number of carbonyl (C=O) groups excluding carboxylic acids is 1. The monoisotopic (exact) mass is 299 g/mol. The molecule has 0 aliphatic heterocycles. The van der Waals surface area contributed by atoms with Gasteiger partial charge in [-0.3, -0.25) is 4.79 Å². The van der Waals surface area contributed by atoms with Gasteiger partial charge in [-0.25, -0.2) is 14.8 Å². The molecule has 0 spiro atoms. The van der Waals surface area contributed by atoms with Gasteiger partial charge in [0.05, 0.1) is 0 Å². The molecule has 22 heavy (non-hydrogen) atoms. The van der Waals surface area contributed by atoms with E-state index in [2.05, 4.69) is 15.3 Å². The van der Waals surface area contributed by atoms with E-state index < -0.39 is 12.0 Å². The van der Waals surface area contributed by atoms with Crippen molar-refractivity contribution in [3.8, 4) is 0 Å². The van der Waals surface area contributed by atoms with Crippen LogP contribution < -0.4 is 5.32 Å². The fraction of sp³-hybridized carbons (Fsp3) is 0.250. The average molecular weight is 299 g/mol. The minimum atomic E-state index is -1.04. The average Bonchev–Trinajstić information content (AvgIpc) is 2.54. The smallest absolute Gasteiger partial charge is 0.326 e. The Hall–Kier alpha value is -2.76. The van der Waals surface area contributed by atoms with Crippen LogP contribution in [-0.2, 0) is 22.4 Å². The Bertz CT molecular complexity index is 617. The Morgan fingerprint density at radius 1 is 1.09 bits per heavy atom. The molecule has 1 aromatic heterocycles. The Morgan fingerprint density at radius 3 is 2.41 bits per heavy atom. The van der Waals surface area contributed by atoms with E-state index in [1.807, 2.05) is 30.3 Å². The SMILES string of the molecule is O=C(CCc1cncnc1)N[C@@H](Cc1ccccc1)C(=O)O. The van der Waals surface area contributed by atoms with E-state index in [9.17, 15) is 14.7 Å². The Balaban J connectivity index is 1.88. The van der Waals surface area contributed by atoms with Gasteiger partial charge >= 0.3 is 5.97 Å². The molecule has 114 valence electrons. The summed E-state index contributed by atoms with van der Waals surface area (Å²) >= 11 is 0. The molecule has 0 fully saturated rings. The zero-order valence-corrected chi connectivity index (χ0v) is 12.0. The van der Waals surface area contributed by atoms with E-state index in [0.29, 0.717) is 6.42 Å². The Morgan fingerprint density at radius 2 is 1.77 bits per heavy atom. The second-order valence-corrected chi connectivity index (χ2v) is 4.89. The summed E-state index contributed by atoms with van der Waals surface area (Å²) < 4.78 is 0. The number of carbonyl (C=O) groups is 2. The van der Waals surface area contributed by atoms with Crippen LogP contribution in [0.15, 0.2) is 49.1 Å². The predicted octanol–water partition coefficient (Wildman–Crippen LogP) is 1.22. The number of carboxylic acid groups (broad SMARTS) is 1. The number of amides is 1. The van der Waals surface area contributed by atoms with Gasteiger partial charge in [0.15, 0.2) is 0 Å². The van der Waals surface area contributed by atoms with Gasteiger partial charge in [-0.05, 0) is 17.5 Å². The van der Waals surface area contributed by atoms with Crippen molar-refractivity contribution in [1.82, 2.24) is 15.3 Å². The second-order valence-electron chi connectivity index (χ2n) is 4.89. The van der Waals surface area contributed by atoms with Crippen LogP contribution in [0.3, 0.4) is 0 Å². The molecule has 0 aliphatic rings. The molecular formula is C16H17N3O3. The number of benzene rings is 1. The van der Waals surface area contributed by atoms with Crippen LogP contribution in [0.25, 0.3) is 0 Å². The van der Waals surface area contributed by atoms with Crippen molar-refractivity contribution in [2.24, 2.45) is 0 Å². The Labute approximate surface area is 128 Å². The minimum Gasteiger partial charge on any atom is -0.480 e. The fourth-order valence-corrected chi connectivity index (χ4v) is 2.03. The van der Waals surface area contributed by atoms with E-state index in [1.54, 1.807) is 12.4 Å². The number of aliphatic carboxylic acids is 1. The van der Waals surface area contributed by atoms with Crippen molar-refractivity contribution >= 4 is 11.9 Å². The van der Waals surface area contributed by atoms with E-state index >= 15 is 0 Å². The summed E-state index contributed by atoms with van der Waals surface area (Å²) in [6, 6.07) is 8.28. The Kier molecular flexibility index (Phi) is 5.59. The van der Waals surface area contributed by atoms with Crippen LogP contribution in [0.2, 0.25) is 0 Å². The standard InChI is InChI=1S/C16H17N3O3/c20-15(7-6-13-9-17-11-18-10-13)19-14(16(21)22)8-12-4-2-1-3-5-12/h1-5,9-11,14H,6-8H2,(H,19,20)(H,21,22)/t14-/m0/s1. The molecule has 0 radical (unpaired) electrons. The third-order valence-electron chi connectivity index (χ3n) is 3.17. The number of aryl methyl sites for hydroxylation is 1. The highest BCUT2D eigenvalue weighted by Gasteiger charge is 2.20. The third kappa shape index (κ3) is 4.97. The molecule has 2 rings (SSSR count). The van der Waals surface area contributed by atoms with Gasteiger partial charge in [-0.15, -0.1) is 0 Å². The molecule has 1 atom stereocenters. The third-order valence-corrected chi connectivity index (χ3v) is 3.17. The summed E-state index contributed by atoms with van der Waals surface area (Å²) in [5.41, 5.74) is 1.71. The van der Waals surface area contributed by atoms with Crippen LogP contribution >= 0.6 is 0 Å². The molecule has 2 aromatic rings. The van der Waals surface area contributed by atoms with E-state index in [0.717, 1.165) is 11.1 Å². The fourth-order valence-electron chi connectivity index (χ4n) is 2.03. The van der Waals surface area contributed by atoms with Gasteiger partial charge < -0.3 is 10.4 Å². The zero-order chi connectivity index (χ0) is 15.8. The maximum atomic E-state index is 11.9. The number of nitrogens with one attached hydrogen (secondary N) is 1. The van der Waals surface area contributed by atoms with Gasteiger partial charge in [0.2, 0.25) is 5.91 Å². The van der Waals surface area contributed by atoms with Gasteiger partial charge in [0.1, 0.15) is 12.4 Å². The summed E-state index contributed by atoms with van der Waals surface area (Å²) in [4.78, 5) is 30.9. The highest BCUT2D eigenvalue weighted by atomic mass is 16.4. The van der Waals surface area contributed by atoms with Crippen molar-refractivity contribution < 1.29 is 14.7 Å². The first-order valence-corrected chi connectivity index (χ1v) is 6.95. The molecule has 2 N–H and O–H groups in total. The molecule has 0 unspecified atom stereocenters. The second kappa shape index (κ2) is 7.87. The number of hydrogen-bond acceptors (Lipinski definition) is 4. The number of aromatic nitrogens is 2. The molecule has 1 heterocycles. The highest BCUT2D eigenvalue weighted by molar-refractivity contribution is 5.83. The van der Waals surface area contributed by atoms with Gasteiger partial charge in [-0.1, -0.05) is 30.3 Å². The van der Waals surface area contributed by atoms with Crippen LogP contribution in [0, 0.1) is 0 Å². The summed E-state index contributed by atoms with van der Waals surface area (Å²) in [7, 11) is 0. The van der Waals surface area contributed by atoms with Crippen molar-refractivity contribution in [2.45, 2.75) is 25.3 Å². The topological polar surface area (TPSA) is 92.2 Å². The normalized spacial score (nSPS) is 11.6. The molecule has 1 aromatic carbocycles. The lowest BCUT2D eigenvalue weighted by atomic mass is 10.1. The molecule has 6 nitrogen and oxygen atoms in total. The quantitative estimate of drug-likeness (QED) is 0.802. The van der Waals surface area contributed by atoms with Gasteiger partial charge in [0.25, 0.3) is 0 Å². The summed E-state index contributed by atoms with van der Waals surface area (Å²) in [5, 5.41) is 11.8. The summed E-state index contributed by atoms with van der Waals surface area (Å²) in [5.74, 6) is -1.34. The number of carboxylic acids is 1. The lowest BCUT2D eigenvalue weighted by molar-refractivity contribution is -0.141. The highest BCUT2D eigenvalue weighted by Crippen LogP contribution is 2.05. The van der Waals surface area contributed by atoms with Crippen LogP contribution in [-0.4, -0.2) is 33.0 Å². The molecule has 0 saturated heterocycles. The van der Waals surface area contributed by atoms with E-state index in [-0.39, 0.29) is 18.7 Å². The maximum absolute atomic E-state index is 11.9. The number of nitrogens with zero attached hydrogens (tertiary/aromatic N) is 2. The largest absolute Gasteiger partial charge is 0.480 e. The summed E-state index contributed by atoms with van der Waals surface area (Å²) in [6.07, 6.45) is 5.63. The minimum absolute atomic E-state index is 0.200. The van der Waals surface area contributed by atoms with Crippen molar-refractivity contribution in [3.05, 3.63) is 60.2 Å². The molecule has 0 saturated carbocycles.